The molecule has 0 fully saturated rings. The topological polar surface area (TPSA) is 75.7 Å². The number of nitrogens with one attached hydrogen (secondary N) is 3. The summed E-state index contributed by atoms with van der Waals surface area (Å²) in [5.74, 6) is 0. The molecule has 2 rings (SSSR count). The van der Waals surface area contributed by atoms with Gasteiger partial charge in [0, 0.05) is 6.07 Å². The number of nitrogens with zero attached hydrogens (tertiary/aromatic N) is 1. The van der Waals surface area contributed by atoms with Crippen LogP contribution in [0.1, 0.15) is 0 Å². The van der Waals surface area contributed by atoms with E-state index in [9.17, 15) is 4.79 Å². The van der Waals surface area contributed by atoms with E-state index in [4.69, 9.17) is 0 Å². The van der Waals surface area contributed by atoms with Crippen molar-refractivity contribution in [2.24, 2.45) is 0 Å². The molecule has 0 aliphatic carbocycles. The molecule has 5 nitrogen and oxygen atoms in total. The zero-order valence-electron chi connectivity index (χ0n) is 5.01. The number of aromatic amines is 3. The first-order chi connectivity index (χ1) is 4.86. The number of fused-ring (bicyclic) bond motifs is 1. The zero-order valence-corrected chi connectivity index (χ0v) is 5.01. The van der Waals surface area contributed by atoms with Crippen LogP contribution in [0.3, 0.4) is 0 Å². The van der Waals surface area contributed by atoms with Crippen LogP contribution >= 0.6 is 0 Å². The van der Waals surface area contributed by atoms with Crippen LogP contribution in [0, 0.1) is 0 Å². The van der Waals surface area contributed by atoms with Crippen LogP contribution in [0.4, 0.5) is 0 Å². The summed E-state index contributed by atoms with van der Waals surface area (Å²) in [7, 11) is 0. The third kappa shape index (κ3) is 0.604. The van der Waals surface area contributed by atoms with Crippen LogP contribution in [0.5, 0.6) is 0 Å². The molecule has 2 heterocycles. The van der Waals surface area contributed by atoms with E-state index in [2.05, 4.69) is 20.4 Å². The van der Waals surface area contributed by atoms with Crippen molar-refractivity contribution in [3.63, 3.8) is 0 Å². The van der Waals surface area contributed by atoms with E-state index in [1.54, 1.807) is 6.20 Å². The Bertz CT molecular complexity index is 401. The van der Waals surface area contributed by atoms with Gasteiger partial charge in [-0.3, -0.25) is 4.79 Å². The predicted octanol–water partition coefficient (Wildman–Crippen LogP) is -0.935. The lowest BCUT2D eigenvalue weighted by molar-refractivity contribution is -0.446. The van der Waals surface area contributed by atoms with E-state index >= 15 is 0 Å². The Morgan fingerprint density at radius 1 is 1.60 bits per heavy atom. The van der Waals surface area contributed by atoms with E-state index in [-0.39, 0.29) is 5.56 Å². The SMILES string of the molecule is O=c1cc2[nH][nH+]cc2n[nH]1. The van der Waals surface area contributed by atoms with Gasteiger partial charge >= 0.3 is 0 Å². The van der Waals surface area contributed by atoms with Crippen molar-refractivity contribution >= 4 is 11.0 Å². The van der Waals surface area contributed by atoms with Gasteiger partial charge < -0.3 is 0 Å². The van der Waals surface area contributed by atoms with Crippen LogP contribution in [0.15, 0.2) is 17.1 Å². The summed E-state index contributed by atoms with van der Waals surface area (Å²) >= 11 is 0. The third-order valence-electron chi connectivity index (χ3n) is 1.25. The van der Waals surface area contributed by atoms with Crippen molar-refractivity contribution in [2.75, 3.05) is 0 Å². The Morgan fingerprint density at radius 2 is 2.50 bits per heavy atom. The molecule has 10 heavy (non-hydrogen) atoms. The van der Waals surface area contributed by atoms with Gasteiger partial charge in [-0.25, -0.2) is 5.10 Å². The first kappa shape index (κ1) is 5.16. The lowest BCUT2D eigenvalue weighted by atomic mass is 10.4. The summed E-state index contributed by atoms with van der Waals surface area (Å²) < 4.78 is 0. The van der Waals surface area contributed by atoms with Crippen LogP contribution in [0.2, 0.25) is 0 Å². The van der Waals surface area contributed by atoms with E-state index < -0.39 is 0 Å². The fraction of sp³-hybridized carbons (Fsp3) is 0. The molecule has 2 aromatic rings. The molecule has 0 aliphatic rings. The summed E-state index contributed by atoms with van der Waals surface area (Å²) in [5, 5.41) is 11.5. The lowest BCUT2D eigenvalue weighted by Gasteiger charge is -1.78. The molecular formula is C5H5N4O+. The molecule has 0 saturated heterocycles. The highest BCUT2D eigenvalue weighted by Crippen LogP contribution is 1.96. The zero-order chi connectivity index (χ0) is 6.97. The van der Waals surface area contributed by atoms with Crippen molar-refractivity contribution in [2.45, 2.75) is 0 Å². The summed E-state index contributed by atoms with van der Waals surface area (Å²) in [6.45, 7) is 0. The molecule has 0 radical (unpaired) electrons. The van der Waals surface area contributed by atoms with Gasteiger partial charge in [0.25, 0.3) is 5.56 Å². The molecule has 0 aliphatic heterocycles. The second-order valence-corrected chi connectivity index (χ2v) is 1.94. The Kier molecular flexibility index (Phi) is 0.858. The highest BCUT2D eigenvalue weighted by molar-refractivity contribution is 5.70. The van der Waals surface area contributed by atoms with Crippen LogP contribution in [-0.2, 0) is 0 Å². The van der Waals surface area contributed by atoms with Crippen molar-refractivity contribution in [3.05, 3.63) is 22.6 Å². The van der Waals surface area contributed by atoms with Crippen LogP contribution in [-0.4, -0.2) is 15.3 Å². The molecule has 0 atom stereocenters. The number of aromatic nitrogens is 4. The van der Waals surface area contributed by atoms with Gasteiger partial charge in [-0.2, -0.15) is 10.2 Å². The number of hydrogen-bond donors (Lipinski definition) is 2. The average molecular weight is 137 g/mol. The molecule has 0 unspecified atom stereocenters. The van der Waals surface area contributed by atoms with Gasteiger partial charge in [-0.05, 0) is 0 Å². The molecule has 3 N–H and O–H groups in total. The Hall–Kier alpha value is -1.65. The van der Waals surface area contributed by atoms with Gasteiger partial charge in [0.15, 0.2) is 5.52 Å². The minimum atomic E-state index is -0.205. The van der Waals surface area contributed by atoms with Gasteiger partial charge in [0.1, 0.15) is 5.52 Å². The lowest BCUT2D eigenvalue weighted by Crippen LogP contribution is -2.04. The fourth-order valence-corrected chi connectivity index (χ4v) is 0.805. The number of hydrogen-bond acceptors (Lipinski definition) is 2. The van der Waals surface area contributed by atoms with E-state index in [1.807, 2.05) is 0 Å². The number of rotatable bonds is 0. The normalized spacial score (nSPS) is 10.4. The summed E-state index contributed by atoms with van der Waals surface area (Å²) in [4.78, 5) is 10.6. The second kappa shape index (κ2) is 1.66. The van der Waals surface area contributed by atoms with Gasteiger partial charge in [-0.1, -0.05) is 0 Å². The monoisotopic (exact) mass is 137 g/mol. The second-order valence-electron chi connectivity index (χ2n) is 1.94. The smallest absolute Gasteiger partial charge is 0.266 e. The highest BCUT2D eigenvalue weighted by atomic mass is 16.1. The minimum absolute atomic E-state index is 0.205. The van der Waals surface area contributed by atoms with Gasteiger partial charge in [0.05, 0.1) is 0 Å². The maximum Gasteiger partial charge on any atom is 0.266 e. The molecule has 0 spiro atoms. The van der Waals surface area contributed by atoms with E-state index in [0.717, 1.165) is 5.52 Å². The molecule has 0 saturated carbocycles. The van der Waals surface area contributed by atoms with Gasteiger partial charge in [0.2, 0.25) is 6.20 Å². The largest absolute Gasteiger partial charge is 0.268 e. The van der Waals surface area contributed by atoms with Crippen molar-refractivity contribution in [1.82, 2.24) is 15.3 Å². The first-order valence-corrected chi connectivity index (χ1v) is 2.81. The van der Waals surface area contributed by atoms with Crippen molar-refractivity contribution < 1.29 is 5.10 Å². The predicted molar refractivity (Wildman–Crippen MR) is 33.3 cm³/mol. The fourth-order valence-electron chi connectivity index (χ4n) is 0.805. The van der Waals surface area contributed by atoms with Crippen molar-refractivity contribution in [1.29, 1.82) is 0 Å². The van der Waals surface area contributed by atoms with E-state index in [1.165, 1.54) is 6.07 Å². The molecule has 2 aromatic heterocycles. The molecule has 50 valence electrons. The highest BCUT2D eigenvalue weighted by Gasteiger charge is 1.98. The number of H-pyrrole nitrogens is 3. The molecule has 5 heteroatoms. The summed E-state index contributed by atoms with van der Waals surface area (Å²) in [5.41, 5.74) is 1.23. The summed E-state index contributed by atoms with van der Waals surface area (Å²) in [6, 6.07) is 1.44. The molecule has 0 aromatic carbocycles. The van der Waals surface area contributed by atoms with Gasteiger partial charge in [-0.15, -0.1) is 5.10 Å². The average Bonchev–Trinajstić information content (AvgIpc) is 2.33. The molecular weight excluding hydrogens is 132 g/mol. The van der Waals surface area contributed by atoms with Crippen LogP contribution in [0.25, 0.3) is 11.0 Å². The quantitative estimate of drug-likeness (QED) is 0.492. The Balaban J connectivity index is 2.99. The van der Waals surface area contributed by atoms with Crippen LogP contribution < -0.4 is 10.7 Å². The maximum absolute atomic E-state index is 10.6. The standard InChI is InChI=1S/C5H4N4O/c10-5-1-3-4(8-9-5)2-6-7-3/h1-2H,(H,6,7)(H,9,10)/p+1. The third-order valence-corrected chi connectivity index (χ3v) is 1.25. The Morgan fingerprint density at radius 3 is 3.40 bits per heavy atom. The van der Waals surface area contributed by atoms with E-state index in [0.29, 0.717) is 5.52 Å². The molecule has 0 bridgehead atoms. The first-order valence-electron chi connectivity index (χ1n) is 2.81. The minimum Gasteiger partial charge on any atom is -0.268 e. The maximum atomic E-state index is 10.6. The molecule has 0 amide bonds. The summed E-state index contributed by atoms with van der Waals surface area (Å²) in [6.07, 6.45) is 1.67. The Labute approximate surface area is 55.1 Å². The van der Waals surface area contributed by atoms with Crippen molar-refractivity contribution in [3.8, 4) is 0 Å².